The van der Waals surface area contributed by atoms with E-state index in [1.54, 1.807) is 0 Å². The van der Waals surface area contributed by atoms with Gasteiger partial charge < -0.3 is 10.2 Å². The Bertz CT molecular complexity index is 344. The molecule has 0 aromatic heterocycles. The molecule has 0 aliphatic carbocycles. The van der Waals surface area contributed by atoms with Gasteiger partial charge in [-0.3, -0.25) is 9.59 Å². The zero-order valence-electron chi connectivity index (χ0n) is 16.9. The lowest BCUT2D eigenvalue weighted by molar-refractivity contribution is -0.138. The second-order valence-corrected chi connectivity index (χ2v) is 7.89. The third-order valence-electron chi connectivity index (χ3n) is 5.13. The first kappa shape index (κ1) is 25.2. The van der Waals surface area contributed by atoms with Crippen LogP contribution in [0.15, 0.2) is 0 Å². The standard InChI is InChI=1S/2C10H20O2/c1-5-8(10(2,3)4)6-7-9(11)12;1-4-8(3)9(5-2)6-7-10(11)12/h8H,5-7H2,1-4H3,(H,11,12);8-9H,4-7H2,1-3H3,(H,11,12). The molecule has 0 heterocycles. The molecule has 0 bridgehead atoms. The van der Waals surface area contributed by atoms with E-state index in [-0.39, 0.29) is 5.41 Å². The van der Waals surface area contributed by atoms with Gasteiger partial charge in [0.2, 0.25) is 0 Å². The summed E-state index contributed by atoms with van der Waals surface area (Å²) in [5.74, 6) is 0.420. The van der Waals surface area contributed by atoms with Crippen molar-refractivity contribution in [3.05, 3.63) is 0 Å². The van der Waals surface area contributed by atoms with Gasteiger partial charge in [0.05, 0.1) is 0 Å². The van der Waals surface area contributed by atoms with Gasteiger partial charge in [-0.1, -0.05) is 67.7 Å². The lowest BCUT2D eigenvalue weighted by Crippen LogP contribution is -2.20. The summed E-state index contributed by atoms with van der Waals surface area (Å²) in [5, 5.41) is 17.0. The zero-order valence-corrected chi connectivity index (χ0v) is 16.9. The molecule has 24 heavy (non-hydrogen) atoms. The number of hydrogen-bond donors (Lipinski definition) is 2. The van der Waals surface area contributed by atoms with Gasteiger partial charge in [-0.2, -0.15) is 0 Å². The summed E-state index contributed by atoms with van der Waals surface area (Å²) in [5.41, 5.74) is 0.240. The molecule has 0 spiro atoms. The van der Waals surface area contributed by atoms with E-state index in [9.17, 15) is 9.59 Å². The third-order valence-corrected chi connectivity index (χ3v) is 5.13. The maximum absolute atomic E-state index is 10.3. The lowest BCUT2D eigenvalue weighted by Gasteiger charge is -2.29. The average molecular weight is 345 g/mol. The van der Waals surface area contributed by atoms with Crippen molar-refractivity contribution in [2.24, 2.45) is 23.2 Å². The topological polar surface area (TPSA) is 74.6 Å². The maximum atomic E-state index is 10.3. The number of carbonyl (C=O) groups is 2. The minimum absolute atomic E-state index is 0.240. The fourth-order valence-electron chi connectivity index (χ4n) is 3.08. The molecular weight excluding hydrogens is 304 g/mol. The van der Waals surface area contributed by atoms with Crippen LogP contribution in [0.1, 0.15) is 93.4 Å². The van der Waals surface area contributed by atoms with E-state index in [1.165, 1.54) is 0 Å². The molecule has 4 nitrogen and oxygen atoms in total. The number of hydrogen-bond acceptors (Lipinski definition) is 2. The summed E-state index contributed by atoms with van der Waals surface area (Å²) in [6, 6.07) is 0. The predicted molar refractivity (Wildman–Crippen MR) is 100 cm³/mol. The van der Waals surface area contributed by atoms with Crippen LogP contribution in [0.5, 0.6) is 0 Å². The third kappa shape index (κ3) is 13.4. The molecule has 2 N–H and O–H groups in total. The van der Waals surface area contributed by atoms with Crippen molar-refractivity contribution >= 4 is 11.9 Å². The van der Waals surface area contributed by atoms with Crippen LogP contribution in [0.25, 0.3) is 0 Å². The largest absolute Gasteiger partial charge is 0.481 e. The van der Waals surface area contributed by atoms with Crippen molar-refractivity contribution in [3.63, 3.8) is 0 Å². The van der Waals surface area contributed by atoms with Crippen LogP contribution in [0.2, 0.25) is 0 Å². The van der Waals surface area contributed by atoms with Crippen molar-refractivity contribution < 1.29 is 19.8 Å². The summed E-state index contributed by atoms with van der Waals surface area (Å²) in [7, 11) is 0. The molecule has 0 aliphatic rings. The van der Waals surface area contributed by atoms with Crippen molar-refractivity contribution in [3.8, 4) is 0 Å². The highest BCUT2D eigenvalue weighted by Gasteiger charge is 2.23. The van der Waals surface area contributed by atoms with E-state index in [2.05, 4.69) is 48.5 Å². The molecule has 0 amide bonds. The quantitative estimate of drug-likeness (QED) is 0.521. The fourth-order valence-corrected chi connectivity index (χ4v) is 3.08. The summed E-state index contributed by atoms with van der Waals surface area (Å²) in [4.78, 5) is 20.7. The minimum atomic E-state index is -0.683. The Morgan fingerprint density at radius 2 is 1.29 bits per heavy atom. The molecule has 0 aromatic carbocycles. The van der Waals surface area contributed by atoms with E-state index < -0.39 is 11.9 Å². The molecule has 0 saturated carbocycles. The first-order chi connectivity index (χ1) is 11.0. The molecule has 0 saturated heterocycles. The fraction of sp³-hybridized carbons (Fsp3) is 0.900. The van der Waals surface area contributed by atoms with Crippen molar-refractivity contribution in [2.75, 3.05) is 0 Å². The number of carboxylic acids is 2. The summed E-state index contributed by atoms with van der Waals surface area (Å²) in [6.45, 7) is 15.1. The Balaban J connectivity index is 0. The van der Waals surface area contributed by atoms with Gasteiger partial charge in [0.15, 0.2) is 0 Å². The second kappa shape index (κ2) is 13.3. The Hall–Kier alpha value is -1.06. The van der Waals surface area contributed by atoms with E-state index in [0.717, 1.165) is 32.1 Å². The number of rotatable bonds is 10. The number of carboxylic acid groups (broad SMARTS) is 2. The molecule has 3 atom stereocenters. The first-order valence-electron chi connectivity index (χ1n) is 9.42. The molecule has 0 aliphatic heterocycles. The summed E-state index contributed by atoms with van der Waals surface area (Å²) in [6.07, 6.45) is 5.58. The van der Waals surface area contributed by atoms with Crippen LogP contribution < -0.4 is 0 Å². The smallest absolute Gasteiger partial charge is 0.303 e. The Labute approximate surface area is 149 Å². The van der Waals surface area contributed by atoms with Crippen LogP contribution in [0, 0.1) is 23.2 Å². The molecule has 0 radical (unpaired) electrons. The predicted octanol–water partition coefficient (Wildman–Crippen LogP) is 5.85. The zero-order chi connectivity index (χ0) is 19.3. The van der Waals surface area contributed by atoms with Gasteiger partial charge in [-0.25, -0.2) is 0 Å². The molecule has 4 heteroatoms. The Kier molecular flexibility index (Phi) is 13.9. The molecule has 0 fully saturated rings. The molecule has 0 rings (SSSR count). The van der Waals surface area contributed by atoms with E-state index in [4.69, 9.17) is 10.2 Å². The van der Waals surface area contributed by atoms with Gasteiger partial charge >= 0.3 is 11.9 Å². The number of aliphatic carboxylic acids is 2. The Morgan fingerprint density at radius 3 is 1.58 bits per heavy atom. The van der Waals surface area contributed by atoms with Gasteiger partial charge in [-0.05, 0) is 36.0 Å². The van der Waals surface area contributed by atoms with Crippen molar-refractivity contribution in [2.45, 2.75) is 93.4 Å². The van der Waals surface area contributed by atoms with E-state index in [1.807, 2.05) is 0 Å². The summed E-state index contributed by atoms with van der Waals surface area (Å²) < 4.78 is 0. The van der Waals surface area contributed by atoms with E-state index >= 15 is 0 Å². The summed E-state index contributed by atoms with van der Waals surface area (Å²) >= 11 is 0. The molecule has 144 valence electrons. The highest BCUT2D eigenvalue weighted by Crippen LogP contribution is 2.32. The van der Waals surface area contributed by atoms with Crippen LogP contribution in [-0.2, 0) is 9.59 Å². The van der Waals surface area contributed by atoms with Gasteiger partial charge in [0.25, 0.3) is 0 Å². The maximum Gasteiger partial charge on any atom is 0.303 e. The van der Waals surface area contributed by atoms with Crippen molar-refractivity contribution in [1.82, 2.24) is 0 Å². The molecule has 0 aromatic rings. The highest BCUT2D eigenvalue weighted by molar-refractivity contribution is 5.66. The lowest BCUT2D eigenvalue weighted by atomic mass is 9.76. The SMILES string of the molecule is CCC(C)C(CC)CCC(=O)O.CCC(CCC(=O)O)C(C)(C)C. The molecular formula is C20H40O4. The van der Waals surface area contributed by atoms with Crippen LogP contribution in [0.4, 0.5) is 0 Å². The first-order valence-corrected chi connectivity index (χ1v) is 9.42. The van der Waals surface area contributed by atoms with Crippen LogP contribution in [0.3, 0.4) is 0 Å². The van der Waals surface area contributed by atoms with Gasteiger partial charge in [0.1, 0.15) is 0 Å². The van der Waals surface area contributed by atoms with Crippen LogP contribution in [-0.4, -0.2) is 22.2 Å². The monoisotopic (exact) mass is 344 g/mol. The normalized spacial score (nSPS) is 15.0. The average Bonchev–Trinajstić information content (AvgIpc) is 2.46. The van der Waals surface area contributed by atoms with E-state index in [0.29, 0.717) is 30.6 Å². The van der Waals surface area contributed by atoms with Crippen molar-refractivity contribution in [1.29, 1.82) is 0 Å². The van der Waals surface area contributed by atoms with Gasteiger partial charge in [-0.15, -0.1) is 0 Å². The van der Waals surface area contributed by atoms with Gasteiger partial charge in [0, 0.05) is 12.8 Å². The highest BCUT2D eigenvalue weighted by atomic mass is 16.4. The minimum Gasteiger partial charge on any atom is -0.481 e. The second-order valence-electron chi connectivity index (χ2n) is 7.89. The Morgan fingerprint density at radius 1 is 0.833 bits per heavy atom. The molecule has 3 unspecified atom stereocenters. The van der Waals surface area contributed by atoms with Crippen LogP contribution >= 0.6 is 0 Å².